The summed E-state index contributed by atoms with van der Waals surface area (Å²) in [6, 6.07) is 1.47. The zero-order chi connectivity index (χ0) is 22.2. The number of aliphatic carboxylic acids is 1. The van der Waals surface area contributed by atoms with Gasteiger partial charge in [0, 0.05) is 16.4 Å². The molecule has 1 fully saturated rings. The average molecular weight is 490 g/mol. The molecule has 0 unspecified atom stereocenters. The number of pyridine rings is 1. The topological polar surface area (TPSA) is 126 Å². The van der Waals surface area contributed by atoms with Crippen LogP contribution in [0.3, 0.4) is 0 Å². The van der Waals surface area contributed by atoms with Gasteiger partial charge in [-0.2, -0.15) is 11.8 Å². The molecule has 3 N–H and O–H groups in total. The molecular formula is C20H16ClN5O4S2. The number of amides is 1. The van der Waals surface area contributed by atoms with E-state index in [1.165, 1.54) is 28.3 Å². The lowest BCUT2D eigenvalue weighted by atomic mass is 9.88. The number of nitrogens with zero attached hydrogens (tertiary/aromatic N) is 3. The lowest BCUT2D eigenvalue weighted by Gasteiger charge is -2.38. The van der Waals surface area contributed by atoms with E-state index in [1.54, 1.807) is 11.8 Å². The molecule has 9 nitrogen and oxygen atoms in total. The summed E-state index contributed by atoms with van der Waals surface area (Å²) < 4.78 is 1.47. The van der Waals surface area contributed by atoms with E-state index in [2.05, 4.69) is 20.6 Å². The van der Waals surface area contributed by atoms with Crippen LogP contribution in [0.5, 0.6) is 0 Å². The predicted molar refractivity (Wildman–Crippen MR) is 122 cm³/mol. The molecule has 164 valence electrons. The van der Waals surface area contributed by atoms with Crippen molar-refractivity contribution in [2.45, 2.75) is 24.9 Å². The fourth-order valence-corrected chi connectivity index (χ4v) is 7.20. The van der Waals surface area contributed by atoms with Crippen LogP contribution in [-0.2, 0) is 23.3 Å². The fraction of sp³-hybridized carbons (Fsp3) is 0.350. The summed E-state index contributed by atoms with van der Waals surface area (Å²) in [6.45, 7) is 0. The van der Waals surface area contributed by atoms with Gasteiger partial charge in [0.2, 0.25) is 0 Å². The van der Waals surface area contributed by atoms with E-state index in [4.69, 9.17) is 11.6 Å². The number of hydrogen-bond acceptors (Lipinski definition) is 8. The first-order valence-corrected chi connectivity index (χ1v) is 12.3. The number of carbonyl (C=O) groups excluding carboxylic acids is 1. The number of nitrogens with one attached hydrogen (secondary N) is 2. The highest BCUT2D eigenvalue weighted by Crippen LogP contribution is 2.42. The van der Waals surface area contributed by atoms with Gasteiger partial charge in [-0.15, -0.1) is 11.3 Å². The Morgan fingerprint density at radius 3 is 2.88 bits per heavy atom. The molecule has 3 aliphatic rings. The summed E-state index contributed by atoms with van der Waals surface area (Å²) >= 11 is 9.53. The van der Waals surface area contributed by atoms with Gasteiger partial charge < -0.3 is 15.7 Å². The van der Waals surface area contributed by atoms with Crippen molar-refractivity contribution in [3.8, 4) is 0 Å². The SMILES string of the molecule is O=C1NC2(CSC2)n2c1c(Cl)cc(Nc1ncnc3sc4c(c13)CC[C@H](C(=O)O)C4)c2=O. The first-order valence-electron chi connectivity index (χ1n) is 9.99. The molecule has 32 heavy (non-hydrogen) atoms. The molecular weight excluding hydrogens is 474 g/mol. The zero-order valence-corrected chi connectivity index (χ0v) is 18.9. The Morgan fingerprint density at radius 2 is 2.16 bits per heavy atom. The number of halogens is 1. The molecule has 5 heterocycles. The van der Waals surface area contributed by atoms with Crippen molar-refractivity contribution >= 4 is 68.3 Å². The van der Waals surface area contributed by atoms with Crippen LogP contribution in [0.15, 0.2) is 17.2 Å². The second-order valence-electron chi connectivity index (χ2n) is 8.18. The minimum Gasteiger partial charge on any atom is -0.481 e. The van der Waals surface area contributed by atoms with Gasteiger partial charge >= 0.3 is 5.97 Å². The minimum atomic E-state index is -0.787. The van der Waals surface area contributed by atoms with Gasteiger partial charge in [-0.25, -0.2) is 9.97 Å². The highest BCUT2D eigenvalue weighted by Gasteiger charge is 2.50. The molecule has 0 saturated carbocycles. The Hall–Kier alpha value is -2.63. The van der Waals surface area contributed by atoms with Crippen molar-refractivity contribution < 1.29 is 14.7 Å². The van der Waals surface area contributed by atoms with Gasteiger partial charge in [0.25, 0.3) is 11.5 Å². The van der Waals surface area contributed by atoms with Gasteiger partial charge in [0.15, 0.2) is 0 Å². The molecule has 1 amide bonds. The number of hydrogen-bond donors (Lipinski definition) is 3. The van der Waals surface area contributed by atoms with E-state index in [-0.39, 0.29) is 27.9 Å². The number of carboxylic acids is 1. The standard InChI is InChI=1S/C20H16ClN5O4S2/c21-10-4-11(18(28)26-14(10)16(27)25-20(26)5-31-6-20)24-15-13-9-2-1-8(19(29)30)3-12(9)32-17(13)23-7-22-15/h4,7-8H,1-3,5-6H2,(H,25,27)(H,29,30)(H,22,23,24)/t8-/m0/s1. The Kier molecular flexibility index (Phi) is 4.33. The van der Waals surface area contributed by atoms with Crippen LogP contribution >= 0.6 is 34.7 Å². The molecule has 1 spiro atoms. The number of anilines is 2. The highest BCUT2D eigenvalue weighted by molar-refractivity contribution is 8.00. The molecule has 6 rings (SSSR count). The van der Waals surface area contributed by atoms with E-state index in [0.717, 1.165) is 20.7 Å². The van der Waals surface area contributed by atoms with Gasteiger partial charge in [0.05, 0.1) is 16.3 Å². The largest absolute Gasteiger partial charge is 0.481 e. The smallest absolute Gasteiger partial charge is 0.306 e. The second kappa shape index (κ2) is 6.93. The van der Waals surface area contributed by atoms with Crippen molar-refractivity contribution in [1.82, 2.24) is 19.9 Å². The summed E-state index contributed by atoms with van der Waals surface area (Å²) in [4.78, 5) is 47.7. The number of carbonyl (C=O) groups is 2. The third-order valence-corrected chi connectivity index (χ3v) is 9.09. The van der Waals surface area contributed by atoms with Crippen LogP contribution in [-0.4, -0.2) is 43.0 Å². The molecule has 0 radical (unpaired) electrons. The van der Waals surface area contributed by atoms with E-state index < -0.39 is 17.6 Å². The molecule has 1 saturated heterocycles. The van der Waals surface area contributed by atoms with Crippen molar-refractivity contribution in [2.24, 2.45) is 5.92 Å². The summed E-state index contributed by atoms with van der Waals surface area (Å²) in [5.41, 5.74) is 0.365. The van der Waals surface area contributed by atoms with Crippen molar-refractivity contribution in [1.29, 1.82) is 0 Å². The lowest BCUT2D eigenvalue weighted by molar-refractivity contribution is -0.142. The Bertz CT molecular complexity index is 1400. The molecule has 0 bridgehead atoms. The van der Waals surface area contributed by atoms with Crippen molar-refractivity contribution in [3.05, 3.63) is 43.9 Å². The molecule has 12 heteroatoms. The Balaban J connectivity index is 1.46. The van der Waals surface area contributed by atoms with Gasteiger partial charge in [-0.05, 0) is 30.9 Å². The quantitative estimate of drug-likeness (QED) is 0.512. The zero-order valence-electron chi connectivity index (χ0n) is 16.5. The predicted octanol–water partition coefficient (Wildman–Crippen LogP) is 2.58. The maximum atomic E-state index is 13.4. The van der Waals surface area contributed by atoms with Crippen LogP contribution < -0.4 is 16.2 Å². The molecule has 0 aromatic carbocycles. The molecule has 1 atom stereocenters. The maximum Gasteiger partial charge on any atom is 0.306 e. The van der Waals surface area contributed by atoms with E-state index in [9.17, 15) is 19.5 Å². The first kappa shape index (κ1) is 20.0. The van der Waals surface area contributed by atoms with Crippen molar-refractivity contribution in [2.75, 3.05) is 16.8 Å². The summed E-state index contributed by atoms with van der Waals surface area (Å²) in [5, 5.41) is 16.4. The van der Waals surface area contributed by atoms with E-state index in [1.807, 2.05) is 0 Å². The Labute approximate surface area is 194 Å². The van der Waals surface area contributed by atoms with Gasteiger partial charge in [-0.1, -0.05) is 11.6 Å². The number of aromatic nitrogens is 3. The molecule has 2 aliphatic heterocycles. The minimum absolute atomic E-state index is 0.183. The van der Waals surface area contributed by atoms with E-state index >= 15 is 0 Å². The third-order valence-electron chi connectivity index (χ3n) is 6.27. The van der Waals surface area contributed by atoms with Crippen LogP contribution in [0.25, 0.3) is 10.2 Å². The van der Waals surface area contributed by atoms with Gasteiger partial charge in [-0.3, -0.25) is 19.0 Å². The monoisotopic (exact) mass is 489 g/mol. The number of rotatable bonds is 3. The summed E-state index contributed by atoms with van der Waals surface area (Å²) in [6.07, 6.45) is 3.04. The third kappa shape index (κ3) is 2.74. The molecule has 1 aliphatic carbocycles. The van der Waals surface area contributed by atoms with Crippen LogP contribution in [0, 0.1) is 5.92 Å². The van der Waals surface area contributed by atoms with Crippen molar-refractivity contribution in [3.63, 3.8) is 0 Å². The van der Waals surface area contributed by atoms with E-state index in [0.29, 0.717) is 36.6 Å². The van der Waals surface area contributed by atoms with Crippen LogP contribution in [0.1, 0.15) is 27.3 Å². The number of fused-ring (bicyclic) bond motifs is 5. The summed E-state index contributed by atoms with van der Waals surface area (Å²) in [7, 11) is 0. The number of thiophene rings is 1. The summed E-state index contributed by atoms with van der Waals surface area (Å²) in [5.74, 6) is 0.150. The number of carboxylic acid groups (broad SMARTS) is 1. The second-order valence-corrected chi connectivity index (χ2v) is 10.7. The first-order chi connectivity index (χ1) is 15.4. The number of thioether (sulfide) groups is 1. The van der Waals surface area contributed by atoms with Crippen LogP contribution in [0.4, 0.5) is 11.5 Å². The fourth-order valence-electron chi connectivity index (χ4n) is 4.66. The molecule has 3 aromatic rings. The maximum absolute atomic E-state index is 13.4. The molecule has 3 aromatic heterocycles. The average Bonchev–Trinajstić information content (AvgIpc) is 3.27. The highest BCUT2D eigenvalue weighted by atomic mass is 35.5. The lowest BCUT2D eigenvalue weighted by Crippen LogP contribution is -2.57. The van der Waals surface area contributed by atoms with Crippen LogP contribution in [0.2, 0.25) is 5.02 Å². The number of aryl methyl sites for hydroxylation is 1. The van der Waals surface area contributed by atoms with Gasteiger partial charge in [0.1, 0.15) is 34.0 Å². The Morgan fingerprint density at radius 1 is 1.34 bits per heavy atom. The normalized spacial score (nSPS) is 20.5.